The zero-order chi connectivity index (χ0) is 9.97. The number of rotatable bonds is 2. The van der Waals surface area contributed by atoms with Crippen molar-refractivity contribution in [2.45, 2.75) is 38.6 Å². The van der Waals surface area contributed by atoms with E-state index in [-0.39, 0.29) is 0 Å². The van der Waals surface area contributed by atoms with Gasteiger partial charge in [-0.05, 0) is 33.2 Å². The summed E-state index contributed by atoms with van der Waals surface area (Å²) in [7, 11) is 0. The maximum atomic E-state index is 4.37. The summed E-state index contributed by atoms with van der Waals surface area (Å²) in [6.45, 7) is 6.49. The first-order valence-electron chi connectivity index (χ1n) is 5.39. The van der Waals surface area contributed by atoms with E-state index >= 15 is 0 Å². The molecule has 0 amide bonds. The summed E-state index contributed by atoms with van der Waals surface area (Å²) >= 11 is 0. The summed E-state index contributed by atoms with van der Waals surface area (Å²) in [6.07, 6.45) is 4.15. The van der Waals surface area contributed by atoms with Crippen molar-refractivity contribution >= 4 is 0 Å². The largest absolute Gasteiger partial charge is 0.316 e. The Balaban J connectivity index is 2.17. The molecule has 0 saturated carbocycles. The summed E-state index contributed by atoms with van der Waals surface area (Å²) in [5.41, 5.74) is 0. The van der Waals surface area contributed by atoms with Crippen LogP contribution >= 0.6 is 0 Å². The van der Waals surface area contributed by atoms with Crippen LogP contribution in [0.25, 0.3) is 0 Å². The zero-order valence-corrected chi connectivity index (χ0v) is 8.90. The van der Waals surface area contributed by atoms with Gasteiger partial charge in [0.2, 0.25) is 0 Å². The molecule has 1 atom stereocenters. The van der Waals surface area contributed by atoms with Crippen molar-refractivity contribution in [3.63, 3.8) is 0 Å². The summed E-state index contributed by atoms with van der Waals surface area (Å²) in [6, 6.07) is 0.412. The van der Waals surface area contributed by atoms with Gasteiger partial charge in [0.25, 0.3) is 0 Å². The average Bonchev–Trinajstić information content (AvgIpc) is 2.67. The predicted molar refractivity (Wildman–Crippen MR) is 55.3 cm³/mol. The normalized spacial score (nSPS) is 22.9. The van der Waals surface area contributed by atoms with Crippen LogP contribution in [-0.2, 0) is 0 Å². The van der Waals surface area contributed by atoms with Crippen molar-refractivity contribution in [1.29, 1.82) is 0 Å². The van der Waals surface area contributed by atoms with Gasteiger partial charge in [0, 0.05) is 18.5 Å². The van der Waals surface area contributed by atoms with Gasteiger partial charge >= 0.3 is 0 Å². The molecule has 78 valence electrons. The lowest BCUT2D eigenvalue weighted by Crippen LogP contribution is -2.30. The maximum absolute atomic E-state index is 4.37. The lowest BCUT2D eigenvalue weighted by molar-refractivity contribution is 0.407. The highest BCUT2D eigenvalue weighted by Gasteiger charge is 2.21. The van der Waals surface area contributed by atoms with Crippen molar-refractivity contribution in [3.8, 4) is 0 Å². The van der Waals surface area contributed by atoms with Crippen LogP contribution in [0.3, 0.4) is 0 Å². The molecule has 0 aliphatic carbocycles. The molecule has 14 heavy (non-hydrogen) atoms. The molecule has 1 aliphatic rings. The molecule has 1 saturated heterocycles. The highest BCUT2D eigenvalue weighted by atomic mass is 15.3. The molecule has 1 aliphatic heterocycles. The molecule has 1 unspecified atom stereocenters. The monoisotopic (exact) mass is 194 g/mol. The van der Waals surface area contributed by atoms with E-state index in [2.05, 4.69) is 29.2 Å². The lowest BCUT2D eigenvalue weighted by atomic mass is 9.99. The highest BCUT2D eigenvalue weighted by molar-refractivity contribution is 4.99. The first-order chi connectivity index (χ1) is 6.79. The Bertz CT molecular complexity index is 286. The zero-order valence-electron chi connectivity index (χ0n) is 8.90. The minimum atomic E-state index is 0.412. The van der Waals surface area contributed by atoms with E-state index in [1.54, 1.807) is 6.33 Å². The second-order valence-corrected chi connectivity index (χ2v) is 4.20. The molecule has 1 fully saturated rings. The minimum absolute atomic E-state index is 0.412. The fourth-order valence-corrected chi connectivity index (χ4v) is 2.02. The van der Waals surface area contributed by atoms with Gasteiger partial charge in [-0.25, -0.2) is 9.67 Å². The summed E-state index contributed by atoms with van der Waals surface area (Å²) in [5.74, 6) is 1.70. The fraction of sp³-hybridized carbons (Fsp3) is 0.800. The molecule has 4 nitrogen and oxygen atoms in total. The molecule has 0 aromatic carbocycles. The molecule has 0 spiro atoms. The molecular weight excluding hydrogens is 176 g/mol. The number of nitrogens with one attached hydrogen (secondary N) is 1. The van der Waals surface area contributed by atoms with Gasteiger partial charge in [-0.3, -0.25) is 0 Å². The average molecular weight is 194 g/mol. The van der Waals surface area contributed by atoms with Crippen LogP contribution in [0.15, 0.2) is 6.33 Å². The molecule has 1 N–H and O–H groups in total. The van der Waals surface area contributed by atoms with Gasteiger partial charge in [-0.2, -0.15) is 5.10 Å². The van der Waals surface area contributed by atoms with Crippen LogP contribution in [-0.4, -0.2) is 27.9 Å². The van der Waals surface area contributed by atoms with Crippen LogP contribution < -0.4 is 5.32 Å². The molecule has 1 aromatic heterocycles. The van der Waals surface area contributed by atoms with Crippen molar-refractivity contribution in [3.05, 3.63) is 12.2 Å². The number of hydrogen-bond acceptors (Lipinski definition) is 3. The topological polar surface area (TPSA) is 42.7 Å². The van der Waals surface area contributed by atoms with Gasteiger partial charge < -0.3 is 5.32 Å². The van der Waals surface area contributed by atoms with E-state index in [0.717, 1.165) is 18.9 Å². The SMILES string of the molecule is CC(C)n1ncnc1C1CCCNC1. The maximum Gasteiger partial charge on any atom is 0.138 e. The van der Waals surface area contributed by atoms with Crippen LogP contribution in [0.4, 0.5) is 0 Å². The third-order valence-electron chi connectivity index (χ3n) is 2.75. The summed E-state index contributed by atoms with van der Waals surface area (Å²) < 4.78 is 2.04. The summed E-state index contributed by atoms with van der Waals surface area (Å²) in [5, 5.41) is 7.68. The molecule has 1 aromatic rings. The Labute approximate surface area is 84.7 Å². The number of hydrogen-bond donors (Lipinski definition) is 1. The van der Waals surface area contributed by atoms with Crippen LogP contribution in [0.2, 0.25) is 0 Å². The van der Waals surface area contributed by atoms with Crippen LogP contribution in [0.5, 0.6) is 0 Å². The van der Waals surface area contributed by atoms with E-state index in [9.17, 15) is 0 Å². The van der Waals surface area contributed by atoms with Crippen LogP contribution in [0.1, 0.15) is 44.5 Å². The van der Waals surface area contributed by atoms with E-state index < -0.39 is 0 Å². The molecular formula is C10H18N4. The first kappa shape index (κ1) is 9.65. The number of nitrogens with zero attached hydrogens (tertiary/aromatic N) is 3. The standard InChI is InChI=1S/C10H18N4/c1-8(2)14-10(12-7-13-14)9-4-3-5-11-6-9/h7-9,11H,3-6H2,1-2H3. The quantitative estimate of drug-likeness (QED) is 0.772. The number of piperidine rings is 1. The third kappa shape index (κ3) is 1.80. The molecule has 0 bridgehead atoms. The van der Waals surface area contributed by atoms with Crippen molar-refractivity contribution in [1.82, 2.24) is 20.1 Å². The van der Waals surface area contributed by atoms with Crippen molar-refractivity contribution in [2.75, 3.05) is 13.1 Å². The van der Waals surface area contributed by atoms with E-state index in [1.807, 2.05) is 4.68 Å². The van der Waals surface area contributed by atoms with E-state index in [1.165, 1.54) is 12.8 Å². The molecule has 2 heterocycles. The smallest absolute Gasteiger partial charge is 0.138 e. The van der Waals surface area contributed by atoms with Crippen LogP contribution in [0, 0.1) is 0 Å². The second-order valence-electron chi connectivity index (χ2n) is 4.20. The Morgan fingerprint density at radius 2 is 2.43 bits per heavy atom. The lowest BCUT2D eigenvalue weighted by Gasteiger charge is -2.23. The van der Waals surface area contributed by atoms with Gasteiger partial charge in [0.1, 0.15) is 12.2 Å². The Hall–Kier alpha value is -0.900. The summed E-state index contributed by atoms with van der Waals surface area (Å²) in [4.78, 5) is 4.37. The highest BCUT2D eigenvalue weighted by Crippen LogP contribution is 2.22. The predicted octanol–water partition coefficient (Wildman–Crippen LogP) is 1.33. The van der Waals surface area contributed by atoms with E-state index in [4.69, 9.17) is 0 Å². The van der Waals surface area contributed by atoms with Gasteiger partial charge in [0.15, 0.2) is 0 Å². The van der Waals surface area contributed by atoms with Gasteiger partial charge in [-0.1, -0.05) is 0 Å². The first-order valence-corrected chi connectivity index (χ1v) is 5.39. The fourth-order valence-electron chi connectivity index (χ4n) is 2.02. The van der Waals surface area contributed by atoms with Crippen molar-refractivity contribution in [2.24, 2.45) is 0 Å². The minimum Gasteiger partial charge on any atom is -0.316 e. The molecule has 4 heteroatoms. The molecule has 2 rings (SSSR count). The number of aromatic nitrogens is 3. The molecule has 0 radical (unpaired) electrons. The Morgan fingerprint density at radius 3 is 3.07 bits per heavy atom. The second kappa shape index (κ2) is 4.09. The van der Waals surface area contributed by atoms with E-state index in [0.29, 0.717) is 12.0 Å². The Morgan fingerprint density at radius 1 is 1.57 bits per heavy atom. The van der Waals surface area contributed by atoms with Gasteiger partial charge in [-0.15, -0.1) is 0 Å². The van der Waals surface area contributed by atoms with Crippen molar-refractivity contribution < 1.29 is 0 Å². The Kier molecular flexibility index (Phi) is 2.82. The third-order valence-corrected chi connectivity index (χ3v) is 2.75. The van der Waals surface area contributed by atoms with Gasteiger partial charge in [0.05, 0.1) is 0 Å².